The van der Waals surface area contributed by atoms with Gasteiger partial charge in [0.15, 0.2) is 0 Å². The summed E-state index contributed by atoms with van der Waals surface area (Å²) in [6.45, 7) is 6.29. The molecule has 0 aliphatic rings. The zero-order chi connectivity index (χ0) is 19.6. The van der Waals surface area contributed by atoms with Crippen molar-refractivity contribution in [3.63, 3.8) is 0 Å². The van der Waals surface area contributed by atoms with E-state index in [1.165, 1.54) is 16.7 Å². The minimum Gasteiger partial charge on any atom is -0.496 e. The molecule has 0 aliphatic heterocycles. The first kappa shape index (κ1) is 22.6. The Morgan fingerprint density at radius 1 is 1.19 bits per heavy atom. The molecule has 1 aromatic rings. The number of alkyl halides is 3. The van der Waals surface area contributed by atoms with E-state index in [9.17, 15) is 13.2 Å². The Balaban J connectivity index is 0.00000676. The standard InChI is InChI=1S/C22H33F3O.H2/c1-5-10-18(11-8-7-9-14-22(23,24)25)19-12-13-20(15-17(3)6-2)21(16-19)26-4;/h6,12-13,16,18H,5,7-11,14-15H2,1-4H3;1H/b17-6+;. The number of unbranched alkanes of at least 4 members (excludes halogenated alkanes) is 2. The van der Waals surface area contributed by atoms with Gasteiger partial charge in [-0.1, -0.05) is 50.0 Å². The lowest BCUT2D eigenvalue weighted by molar-refractivity contribution is -0.135. The zero-order valence-corrected chi connectivity index (χ0v) is 16.6. The fraction of sp³-hybridized carbons (Fsp3) is 0.636. The number of benzene rings is 1. The molecule has 0 saturated heterocycles. The van der Waals surface area contributed by atoms with Gasteiger partial charge in [0.1, 0.15) is 5.75 Å². The monoisotopic (exact) mass is 372 g/mol. The van der Waals surface area contributed by atoms with Crippen molar-refractivity contribution < 1.29 is 19.3 Å². The molecular weight excluding hydrogens is 337 g/mol. The number of ether oxygens (including phenoxy) is 1. The van der Waals surface area contributed by atoms with Gasteiger partial charge in [-0.25, -0.2) is 0 Å². The summed E-state index contributed by atoms with van der Waals surface area (Å²) in [6, 6.07) is 6.42. The highest BCUT2D eigenvalue weighted by molar-refractivity contribution is 5.41. The fourth-order valence-electron chi connectivity index (χ4n) is 3.28. The van der Waals surface area contributed by atoms with Crippen LogP contribution in [0.3, 0.4) is 0 Å². The van der Waals surface area contributed by atoms with Gasteiger partial charge in [0.2, 0.25) is 0 Å². The lowest BCUT2D eigenvalue weighted by Gasteiger charge is -2.19. The first-order valence-corrected chi connectivity index (χ1v) is 9.66. The van der Waals surface area contributed by atoms with E-state index >= 15 is 0 Å². The third kappa shape index (κ3) is 8.29. The Hall–Kier alpha value is -1.45. The molecule has 150 valence electrons. The molecule has 1 rings (SSSR count). The van der Waals surface area contributed by atoms with Crippen molar-refractivity contribution in [2.75, 3.05) is 7.11 Å². The Morgan fingerprint density at radius 2 is 1.92 bits per heavy atom. The quantitative estimate of drug-likeness (QED) is 0.284. The van der Waals surface area contributed by atoms with Crippen molar-refractivity contribution in [1.29, 1.82) is 0 Å². The highest BCUT2D eigenvalue weighted by Crippen LogP contribution is 2.33. The number of rotatable bonds is 11. The minimum absolute atomic E-state index is 0. The average molecular weight is 373 g/mol. The van der Waals surface area contributed by atoms with Crippen molar-refractivity contribution in [1.82, 2.24) is 0 Å². The third-order valence-corrected chi connectivity index (χ3v) is 4.89. The Labute approximate surface area is 158 Å². The van der Waals surface area contributed by atoms with Crippen LogP contribution in [0.15, 0.2) is 29.8 Å². The van der Waals surface area contributed by atoms with Gasteiger partial charge >= 0.3 is 6.18 Å². The molecule has 1 atom stereocenters. The van der Waals surface area contributed by atoms with Crippen LogP contribution < -0.4 is 4.74 Å². The van der Waals surface area contributed by atoms with Gasteiger partial charge in [-0.2, -0.15) is 13.2 Å². The summed E-state index contributed by atoms with van der Waals surface area (Å²) in [5.74, 6) is 1.29. The lowest BCUT2D eigenvalue weighted by Crippen LogP contribution is -2.06. The maximum atomic E-state index is 12.2. The second-order valence-corrected chi connectivity index (χ2v) is 7.08. The summed E-state index contributed by atoms with van der Waals surface area (Å²) in [5.41, 5.74) is 3.71. The SMILES string of the molecule is C/C=C(\C)Cc1ccc(C(CCC)CCCCCC(F)(F)F)cc1OC.[HH]. The molecule has 0 heterocycles. The van der Waals surface area contributed by atoms with E-state index < -0.39 is 12.6 Å². The van der Waals surface area contributed by atoms with E-state index in [0.29, 0.717) is 12.3 Å². The van der Waals surface area contributed by atoms with Crippen LogP contribution in [0.5, 0.6) is 5.75 Å². The van der Waals surface area contributed by atoms with Crippen LogP contribution >= 0.6 is 0 Å². The van der Waals surface area contributed by atoms with Crippen molar-refractivity contribution in [3.05, 3.63) is 41.0 Å². The smallest absolute Gasteiger partial charge is 0.389 e. The van der Waals surface area contributed by atoms with Crippen LogP contribution in [0, 0.1) is 0 Å². The van der Waals surface area contributed by atoms with Crippen molar-refractivity contribution in [2.24, 2.45) is 0 Å². The van der Waals surface area contributed by atoms with Crippen LogP contribution in [0.25, 0.3) is 0 Å². The third-order valence-electron chi connectivity index (χ3n) is 4.89. The number of allylic oxidation sites excluding steroid dienone is 2. The molecule has 1 aromatic carbocycles. The average Bonchev–Trinajstić information content (AvgIpc) is 2.59. The molecule has 0 aromatic heterocycles. The molecule has 1 unspecified atom stereocenters. The molecule has 0 bridgehead atoms. The van der Waals surface area contributed by atoms with Gasteiger partial charge in [0.05, 0.1) is 7.11 Å². The molecule has 0 fully saturated rings. The maximum absolute atomic E-state index is 12.2. The topological polar surface area (TPSA) is 9.23 Å². The first-order valence-electron chi connectivity index (χ1n) is 9.66. The van der Waals surface area contributed by atoms with Crippen molar-refractivity contribution >= 4 is 0 Å². The highest BCUT2D eigenvalue weighted by Gasteiger charge is 2.25. The van der Waals surface area contributed by atoms with Gasteiger partial charge in [-0.3, -0.25) is 0 Å². The molecule has 0 amide bonds. The molecule has 0 spiro atoms. The number of halogens is 3. The van der Waals surface area contributed by atoms with E-state index in [1.54, 1.807) is 7.11 Å². The highest BCUT2D eigenvalue weighted by atomic mass is 19.4. The fourth-order valence-corrected chi connectivity index (χ4v) is 3.28. The van der Waals surface area contributed by atoms with Crippen LogP contribution in [0.2, 0.25) is 0 Å². The van der Waals surface area contributed by atoms with Crippen LogP contribution in [0.4, 0.5) is 13.2 Å². The molecule has 0 N–H and O–H groups in total. The molecular formula is C22H35F3O. The number of hydrogen-bond acceptors (Lipinski definition) is 1. The summed E-state index contributed by atoms with van der Waals surface area (Å²) in [4.78, 5) is 0. The predicted octanol–water partition coefficient (Wildman–Crippen LogP) is 7.85. The first-order chi connectivity index (χ1) is 12.3. The van der Waals surface area contributed by atoms with E-state index in [1.807, 2.05) is 6.92 Å². The second kappa shape index (κ2) is 11.3. The summed E-state index contributed by atoms with van der Waals surface area (Å²) in [5, 5.41) is 0. The second-order valence-electron chi connectivity index (χ2n) is 7.08. The summed E-state index contributed by atoms with van der Waals surface area (Å²) in [6.07, 6.45) is 3.03. The summed E-state index contributed by atoms with van der Waals surface area (Å²) >= 11 is 0. The van der Waals surface area contributed by atoms with E-state index in [4.69, 9.17) is 4.74 Å². The van der Waals surface area contributed by atoms with Crippen LogP contribution in [0.1, 0.15) is 84.2 Å². The number of methoxy groups -OCH3 is 1. The van der Waals surface area contributed by atoms with Gasteiger partial charge in [-0.05, 0) is 62.6 Å². The molecule has 0 aliphatic carbocycles. The largest absolute Gasteiger partial charge is 0.496 e. The predicted molar refractivity (Wildman–Crippen MR) is 105 cm³/mol. The van der Waals surface area contributed by atoms with Crippen molar-refractivity contribution in [3.8, 4) is 5.75 Å². The molecule has 26 heavy (non-hydrogen) atoms. The molecule has 4 heteroatoms. The lowest BCUT2D eigenvalue weighted by atomic mass is 9.88. The van der Waals surface area contributed by atoms with E-state index in [2.05, 4.69) is 38.1 Å². The molecule has 0 saturated carbocycles. The van der Waals surface area contributed by atoms with Gasteiger partial charge in [-0.15, -0.1) is 0 Å². The summed E-state index contributed by atoms with van der Waals surface area (Å²) < 4.78 is 42.3. The van der Waals surface area contributed by atoms with Crippen LogP contribution in [-0.4, -0.2) is 13.3 Å². The van der Waals surface area contributed by atoms with Gasteiger partial charge in [0, 0.05) is 7.85 Å². The van der Waals surface area contributed by atoms with Crippen LogP contribution in [-0.2, 0) is 6.42 Å². The van der Waals surface area contributed by atoms with Crippen molar-refractivity contribution in [2.45, 2.75) is 84.2 Å². The molecule has 1 nitrogen and oxygen atoms in total. The maximum Gasteiger partial charge on any atom is 0.389 e. The minimum atomic E-state index is -4.03. The zero-order valence-electron chi connectivity index (χ0n) is 16.6. The number of hydrogen-bond donors (Lipinski definition) is 0. The Bertz CT molecular complexity index is 567. The van der Waals surface area contributed by atoms with E-state index in [-0.39, 0.29) is 7.85 Å². The molecule has 0 radical (unpaired) electrons. The van der Waals surface area contributed by atoms with Gasteiger partial charge < -0.3 is 4.74 Å². The van der Waals surface area contributed by atoms with Gasteiger partial charge in [0.25, 0.3) is 0 Å². The Morgan fingerprint density at radius 3 is 2.50 bits per heavy atom. The van der Waals surface area contributed by atoms with E-state index in [0.717, 1.165) is 37.9 Å². The Kier molecular flexibility index (Phi) is 9.82. The normalized spacial score (nSPS) is 13.7. The summed E-state index contributed by atoms with van der Waals surface area (Å²) in [7, 11) is 1.69.